The molecular formula is C14H24O2. The summed E-state index contributed by atoms with van der Waals surface area (Å²) >= 11 is 0. The lowest BCUT2D eigenvalue weighted by molar-refractivity contribution is -0.131. The molecule has 1 aliphatic rings. The van der Waals surface area contributed by atoms with Gasteiger partial charge in [0.05, 0.1) is 0 Å². The van der Waals surface area contributed by atoms with E-state index < -0.39 is 0 Å². The SMILES string of the molecule is CC(=O)CC1CCC(C(=O)C(C)(C)C)CC1. The first-order valence-electron chi connectivity index (χ1n) is 6.34. The zero-order valence-electron chi connectivity index (χ0n) is 11.0. The monoisotopic (exact) mass is 224 g/mol. The van der Waals surface area contributed by atoms with Gasteiger partial charge in [-0.2, -0.15) is 0 Å². The Morgan fingerprint density at radius 1 is 1.06 bits per heavy atom. The predicted octanol–water partition coefficient (Wildman–Crippen LogP) is 3.39. The molecule has 0 spiro atoms. The lowest BCUT2D eigenvalue weighted by atomic mass is 9.73. The van der Waals surface area contributed by atoms with Crippen LogP contribution in [0.4, 0.5) is 0 Å². The van der Waals surface area contributed by atoms with Crippen molar-refractivity contribution in [2.75, 3.05) is 0 Å². The van der Waals surface area contributed by atoms with E-state index in [1.165, 1.54) is 0 Å². The van der Waals surface area contributed by atoms with Crippen LogP contribution in [0.3, 0.4) is 0 Å². The molecule has 1 saturated carbocycles. The van der Waals surface area contributed by atoms with Crippen LogP contribution in [0.15, 0.2) is 0 Å². The van der Waals surface area contributed by atoms with Gasteiger partial charge in [-0.05, 0) is 38.5 Å². The van der Waals surface area contributed by atoms with Crippen LogP contribution in [0.25, 0.3) is 0 Å². The predicted molar refractivity (Wildman–Crippen MR) is 65.2 cm³/mol. The number of carbonyl (C=O) groups excluding carboxylic acids is 2. The second kappa shape index (κ2) is 5.11. The molecule has 0 saturated heterocycles. The van der Waals surface area contributed by atoms with Crippen LogP contribution in [0.2, 0.25) is 0 Å². The molecule has 0 bridgehead atoms. The lowest BCUT2D eigenvalue weighted by Crippen LogP contribution is -2.31. The van der Waals surface area contributed by atoms with Gasteiger partial charge in [0.25, 0.3) is 0 Å². The van der Waals surface area contributed by atoms with E-state index in [0.29, 0.717) is 18.1 Å². The molecule has 0 aromatic carbocycles. The maximum absolute atomic E-state index is 12.1. The van der Waals surface area contributed by atoms with E-state index in [1.54, 1.807) is 6.92 Å². The third kappa shape index (κ3) is 3.73. The summed E-state index contributed by atoms with van der Waals surface area (Å²) in [4.78, 5) is 23.1. The Hall–Kier alpha value is -0.660. The molecule has 0 aliphatic heterocycles. The zero-order valence-corrected chi connectivity index (χ0v) is 11.0. The third-order valence-electron chi connectivity index (χ3n) is 3.53. The van der Waals surface area contributed by atoms with E-state index >= 15 is 0 Å². The standard InChI is InChI=1S/C14H24O2/c1-10(15)9-11-5-7-12(8-6-11)13(16)14(2,3)4/h11-12H,5-9H2,1-4H3. The maximum Gasteiger partial charge on any atom is 0.141 e. The van der Waals surface area contributed by atoms with Crippen molar-refractivity contribution in [3.63, 3.8) is 0 Å². The molecule has 2 nitrogen and oxygen atoms in total. The van der Waals surface area contributed by atoms with Gasteiger partial charge in [-0.3, -0.25) is 4.79 Å². The van der Waals surface area contributed by atoms with Crippen LogP contribution < -0.4 is 0 Å². The molecule has 0 heterocycles. The normalized spacial score (nSPS) is 26.5. The van der Waals surface area contributed by atoms with Crippen LogP contribution in [-0.4, -0.2) is 11.6 Å². The number of hydrogen-bond acceptors (Lipinski definition) is 2. The Kier molecular flexibility index (Phi) is 4.28. The summed E-state index contributed by atoms with van der Waals surface area (Å²) in [5.41, 5.74) is -0.210. The lowest BCUT2D eigenvalue weighted by Gasteiger charge is -2.31. The highest BCUT2D eigenvalue weighted by atomic mass is 16.1. The van der Waals surface area contributed by atoms with E-state index in [-0.39, 0.29) is 17.1 Å². The van der Waals surface area contributed by atoms with Crippen LogP contribution in [0, 0.1) is 17.3 Å². The Morgan fingerprint density at radius 3 is 1.94 bits per heavy atom. The smallest absolute Gasteiger partial charge is 0.141 e. The highest BCUT2D eigenvalue weighted by Crippen LogP contribution is 2.35. The summed E-state index contributed by atoms with van der Waals surface area (Å²) < 4.78 is 0. The highest BCUT2D eigenvalue weighted by molar-refractivity contribution is 5.86. The topological polar surface area (TPSA) is 34.1 Å². The first-order chi connectivity index (χ1) is 7.30. The second-order valence-corrected chi connectivity index (χ2v) is 6.24. The van der Waals surface area contributed by atoms with E-state index in [2.05, 4.69) is 0 Å². The van der Waals surface area contributed by atoms with Crippen molar-refractivity contribution in [3.05, 3.63) is 0 Å². The number of rotatable bonds is 3. The fraction of sp³-hybridized carbons (Fsp3) is 0.857. The summed E-state index contributed by atoms with van der Waals surface area (Å²) in [5.74, 6) is 1.45. The van der Waals surface area contributed by atoms with E-state index in [4.69, 9.17) is 0 Å². The molecule has 0 unspecified atom stereocenters. The fourth-order valence-electron chi connectivity index (χ4n) is 2.65. The van der Waals surface area contributed by atoms with Crippen molar-refractivity contribution in [2.24, 2.45) is 17.3 Å². The summed E-state index contributed by atoms with van der Waals surface area (Å²) in [6.45, 7) is 7.65. The molecule has 0 aromatic heterocycles. The molecule has 1 aliphatic carbocycles. The molecular weight excluding hydrogens is 200 g/mol. The Balaban J connectivity index is 2.43. The molecule has 92 valence electrons. The highest BCUT2D eigenvalue weighted by Gasteiger charge is 2.32. The first-order valence-corrected chi connectivity index (χ1v) is 6.34. The van der Waals surface area contributed by atoms with E-state index in [1.807, 2.05) is 20.8 Å². The molecule has 0 N–H and O–H groups in total. The third-order valence-corrected chi connectivity index (χ3v) is 3.53. The second-order valence-electron chi connectivity index (χ2n) is 6.24. The average molecular weight is 224 g/mol. The maximum atomic E-state index is 12.1. The number of hydrogen-bond donors (Lipinski definition) is 0. The van der Waals surface area contributed by atoms with Crippen LogP contribution >= 0.6 is 0 Å². The summed E-state index contributed by atoms with van der Waals surface area (Å²) in [7, 11) is 0. The van der Waals surface area contributed by atoms with Gasteiger partial charge in [-0.1, -0.05) is 20.8 Å². The molecule has 0 amide bonds. The van der Waals surface area contributed by atoms with Crippen molar-refractivity contribution >= 4 is 11.6 Å². The van der Waals surface area contributed by atoms with Gasteiger partial charge in [-0.25, -0.2) is 0 Å². The van der Waals surface area contributed by atoms with Gasteiger partial charge < -0.3 is 4.79 Å². The summed E-state index contributed by atoms with van der Waals surface area (Å²) in [6, 6.07) is 0. The van der Waals surface area contributed by atoms with Crippen molar-refractivity contribution in [2.45, 2.75) is 59.8 Å². The minimum atomic E-state index is -0.210. The molecule has 0 atom stereocenters. The quantitative estimate of drug-likeness (QED) is 0.736. The minimum Gasteiger partial charge on any atom is -0.300 e. The van der Waals surface area contributed by atoms with E-state index in [9.17, 15) is 9.59 Å². The first kappa shape index (κ1) is 13.4. The number of carbonyl (C=O) groups is 2. The van der Waals surface area contributed by atoms with Crippen LogP contribution in [0.1, 0.15) is 59.8 Å². The summed E-state index contributed by atoms with van der Waals surface area (Å²) in [5, 5.41) is 0. The minimum absolute atomic E-state index is 0.210. The van der Waals surface area contributed by atoms with Gasteiger partial charge in [0, 0.05) is 17.8 Å². The van der Waals surface area contributed by atoms with Gasteiger partial charge in [0.15, 0.2) is 0 Å². The van der Waals surface area contributed by atoms with Crippen LogP contribution in [0.5, 0.6) is 0 Å². The van der Waals surface area contributed by atoms with E-state index in [0.717, 1.165) is 25.7 Å². The number of ketones is 2. The van der Waals surface area contributed by atoms with Crippen molar-refractivity contribution in [1.29, 1.82) is 0 Å². The van der Waals surface area contributed by atoms with Crippen molar-refractivity contribution in [1.82, 2.24) is 0 Å². The van der Waals surface area contributed by atoms with Gasteiger partial charge >= 0.3 is 0 Å². The van der Waals surface area contributed by atoms with Crippen LogP contribution in [-0.2, 0) is 9.59 Å². The largest absolute Gasteiger partial charge is 0.300 e. The van der Waals surface area contributed by atoms with Crippen molar-refractivity contribution < 1.29 is 9.59 Å². The molecule has 2 heteroatoms. The summed E-state index contributed by atoms with van der Waals surface area (Å²) in [6.07, 6.45) is 4.76. The molecule has 16 heavy (non-hydrogen) atoms. The van der Waals surface area contributed by atoms with Crippen molar-refractivity contribution in [3.8, 4) is 0 Å². The van der Waals surface area contributed by atoms with Gasteiger partial charge in [0.1, 0.15) is 11.6 Å². The Bertz CT molecular complexity index is 265. The molecule has 1 rings (SSSR count). The average Bonchev–Trinajstić information content (AvgIpc) is 2.15. The number of Topliss-reactive ketones (excluding diaryl/α,β-unsaturated/α-hetero) is 2. The van der Waals surface area contributed by atoms with Gasteiger partial charge in [0.2, 0.25) is 0 Å². The molecule has 1 fully saturated rings. The molecule has 0 radical (unpaired) electrons. The Morgan fingerprint density at radius 2 is 1.56 bits per heavy atom. The fourth-order valence-corrected chi connectivity index (χ4v) is 2.65. The Labute approximate surface area is 98.8 Å². The van der Waals surface area contributed by atoms with Gasteiger partial charge in [-0.15, -0.1) is 0 Å². The zero-order chi connectivity index (χ0) is 12.3. The molecule has 0 aromatic rings.